The van der Waals surface area contributed by atoms with Gasteiger partial charge in [-0.25, -0.2) is 0 Å². The van der Waals surface area contributed by atoms with Crippen LogP contribution in [0, 0.1) is 12.8 Å². The lowest BCUT2D eigenvalue weighted by Crippen LogP contribution is -2.12. The molecule has 0 aliphatic heterocycles. The summed E-state index contributed by atoms with van der Waals surface area (Å²) >= 11 is 0. The van der Waals surface area contributed by atoms with E-state index in [2.05, 4.69) is 32.0 Å². The first kappa shape index (κ1) is 12.6. The Kier molecular flexibility index (Phi) is 4.22. The third kappa shape index (κ3) is 3.10. The highest BCUT2D eigenvalue weighted by Crippen LogP contribution is 2.37. The SMILES string of the molecule is COCc1cc(C)ccc1C1CCC(C)CC1. The van der Waals surface area contributed by atoms with Crippen molar-refractivity contribution in [2.24, 2.45) is 5.92 Å². The van der Waals surface area contributed by atoms with E-state index in [0.717, 1.165) is 18.4 Å². The highest BCUT2D eigenvalue weighted by molar-refractivity contribution is 5.34. The van der Waals surface area contributed by atoms with Crippen LogP contribution in [0.1, 0.15) is 55.2 Å². The number of hydrogen-bond donors (Lipinski definition) is 0. The monoisotopic (exact) mass is 232 g/mol. The average Bonchev–Trinajstić information content (AvgIpc) is 2.31. The number of methoxy groups -OCH3 is 1. The van der Waals surface area contributed by atoms with Gasteiger partial charge in [-0.3, -0.25) is 0 Å². The second kappa shape index (κ2) is 5.68. The maximum Gasteiger partial charge on any atom is 0.0715 e. The number of benzene rings is 1. The van der Waals surface area contributed by atoms with Crippen LogP contribution in [0.5, 0.6) is 0 Å². The van der Waals surface area contributed by atoms with Crippen LogP contribution in [-0.2, 0) is 11.3 Å². The zero-order chi connectivity index (χ0) is 12.3. The molecule has 1 aliphatic carbocycles. The van der Waals surface area contributed by atoms with Gasteiger partial charge in [0, 0.05) is 7.11 Å². The van der Waals surface area contributed by atoms with Gasteiger partial charge in [-0.2, -0.15) is 0 Å². The van der Waals surface area contributed by atoms with Crippen molar-refractivity contribution in [2.45, 2.75) is 52.1 Å². The number of rotatable bonds is 3. The normalized spacial score (nSPS) is 24.9. The van der Waals surface area contributed by atoms with Gasteiger partial charge >= 0.3 is 0 Å². The summed E-state index contributed by atoms with van der Waals surface area (Å²) < 4.78 is 5.34. The van der Waals surface area contributed by atoms with E-state index >= 15 is 0 Å². The van der Waals surface area contributed by atoms with Crippen molar-refractivity contribution < 1.29 is 4.74 Å². The van der Waals surface area contributed by atoms with Crippen molar-refractivity contribution in [1.29, 1.82) is 0 Å². The molecule has 0 amide bonds. The molecule has 1 fully saturated rings. The van der Waals surface area contributed by atoms with E-state index in [9.17, 15) is 0 Å². The van der Waals surface area contributed by atoms with Crippen molar-refractivity contribution in [2.75, 3.05) is 7.11 Å². The Morgan fingerprint density at radius 3 is 2.53 bits per heavy atom. The highest BCUT2D eigenvalue weighted by Gasteiger charge is 2.21. The molecule has 0 bridgehead atoms. The minimum Gasteiger partial charge on any atom is -0.380 e. The molecular weight excluding hydrogens is 208 g/mol. The number of ether oxygens (including phenoxy) is 1. The maximum atomic E-state index is 5.34. The molecule has 2 rings (SSSR count). The van der Waals surface area contributed by atoms with Gasteiger partial charge in [-0.05, 0) is 42.7 Å². The second-order valence-electron chi connectivity index (χ2n) is 5.59. The molecule has 94 valence electrons. The van der Waals surface area contributed by atoms with E-state index in [-0.39, 0.29) is 0 Å². The van der Waals surface area contributed by atoms with Gasteiger partial charge in [0.15, 0.2) is 0 Å². The lowest BCUT2D eigenvalue weighted by Gasteiger charge is -2.28. The van der Waals surface area contributed by atoms with Crippen LogP contribution in [0.15, 0.2) is 18.2 Å². The summed E-state index contributed by atoms with van der Waals surface area (Å²) in [5.74, 6) is 1.68. The summed E-state index contributed by atoms with van der Waals surface area (Å²) in [7, 11) is 1.79. The third-order valence-corrected chi connectivity index (χ3v) is 4.05. The zero-order valence-corrected chi connectivity index (χ0v) is 11.3. The fraction of sp³-hybridized carbons (Fsp3) is 0.625. The highest BCUT2D eigenvalue weighted by atomic mass is 16.5. The molecule has 1 aromatic rings. The standard InChI is InChI=1S/C16H24O/c1-12-4-7-14(8-5-12)16-9-6-13(2)10-15(16)11-17-3/h6,9-10,12,14H,4-5,7-8,11H2,1-3H3. The molecule has 0 heterocycles. The van der Waals surface area contributed by atoms with Gasteiger partial charge < -0.3 is 4.74 Å². The molecule has 1 heteroatoms. The molecule has 0 N–H and O–H groups in total. The van der Waals surface area contributed by atoms with Crippen LogP contribution < -0.4 is 0 Å². The Labute approximate surface area is 105 Å². The molecule has 1 nitrogen and oxygen atoms in total. The fourth-order valence-electron chi connectivity index (χ4n) is 2.98. The molecule has 1 aliphatic rings. The molecule has 1 saturated carbocycles. The maximum absolute atomic E-state index is 5.34. The molecule has 0 radical (unpaired) electrons. The van der Waals surface area contributed by atoms with Gasteiger partial charge in [-0.15, -0.1) is 0 Å². The summed E-state index contributed by atoms with van der Waals surface area (Å²) in [5, 5.41) is 0. The lowest BCUT2D eigenvalue weighted by molar-refractivity contribution is 0.183. The molecule has 0 atom stereocenters. The Balaban J connectivity index is 2.18. The quantitative estimate of drug-likeness (QED) is 0.749. The van der Waals surface area contributed by atoms with Gasteiger partial charge in [0.1, 0.15) is 0 Å². The summed E-state index contributed by atoms with van der Waals surface area (Å²) in [6.07, 6.45) is 5.46. The minimum absolute atomic E-state index is 0.753. The van der Waals surface area contributed by atoms with Crippen molar-refractivity contribution in [3.05, 3.63) is 34.9 Å². The Hall–Kier alpha value is -0.820. The Bertz CT molecular complexity index is 362. The zero-order valence-electron chi connectivity index (χ0n) is 11.3. The van der Waals surface area contributed by atoms with Crippen molar-refractivity contribution in [3.63, 3.8) is 0 Å². The summed E-state index contributed by atoms with van der Waals surface area (Å²) in [6, 6.07) is 6.85. The number of aryl methyl sites for hydroxylation is 1. The lowest BCUT2D eigenvalue weighted by atomic mass is 9.78. The Morgan fingerprint density at radius 2 is 1.88 bits per heavy atom. The first-order valence-electron chi connectivity index (χ1n) is 6.79. The minimum atomic E-state index is 0.753. The van der Waals surface area contributed by atoms with Crippen LogP contribution in [0.25, 0.3) is 0 Å². The van der Waals surface area contributed by atoms with Gasteiger partial charge in [0.25, 0.3) is 0 Å². The van der Waals surface area contributed by atoms with Crippen molar-refractivity contribution >= 4 is 0 Å². The predicted octanol–water partition coefficient (Wildman–Crippen LogP) is 4.44. The second-order valence-corrected chi connectivity index (χ2v) is 5.59. The van der Waals surface area contributed by atoms with Crippen molar-refractivity contribution in [3.8, 4) is 0 Å². The Morgan fingerprint density at radius 1 is 1.18 bits per heavy atom. The molecule has 1 aromatic carbocycles. The smallest absolute Gasteiger partial charge is 0.0715 e. The van der Waals surface area contributed by atoms with E-state index in [1.54, 1.807) is 7.11 Å². The average molecular weight is 232 g/mol. The van der Waals surface area contributed by atoms with Crippen LogP contribution in [-0.4, -0.2) is 7.11 Å². The van der Waals surface area contributed by atoms with E-state index in [1.165, 1.54) is 42.4 Å². The number of hydrogen-bond acceptors (Lipinski definition) is 1. The molecule has 17 heavy (non-hydrogen) atoms. The van der Waals surface area contributed by atoms with Crippen molar-refractivity contribution in [1.82, 2.24) is 0 Å². The van der Waals surface area contributed by atoms with Crippen LogP contribution >= 0.6 is 0 Å². The molecular formula is C16H24O. The van der Waals surface area contributed by atoms with Gasteiger partial charge in [0.2, 0.25) is 0 Å². The van der Waals surface area contributed by atoms with Crippen LogP contribution in [0.4, 0.5) is 0 Å². The third-order valence-electron chi connectivity index (χ3n) is 4.05. The summed E-state index contributed by atoms with van der Waals surface area (Å²) in [5.41, 5.74) is 4.27. The van der Waals surface area contributed by atoms with E-state index in [4.69, 9.17) is 4.74 Å². The molecule has 0 saturated heterocycles. The molecule has 0 aromatic heterocycles. The first-order valence-corrected chi connectivity index (χ1v) is 6.79. The topological polar surface area (TPSA) is 9.23 Å². The first-order chi connectivity index (χ1) is 8.20. The summed E-state index contributed by atoms with van der Waals surface area (Å²) in [6.45, 7) is 5.29. The van der Waals surface area contributed by atoms with Gasteiger partial charge in [-0.1, -0.05) is 43.5 Å². The molecule has 0 spiro atoms. The van der Waals surface area contributed by atoms with Crippen LogP contribution in [0.2, 0.25) is 0 Å². The van der Waals surface area contributed by atoms with Crippen LogP contribution in [0.3, 0.4) is 0 Å². The largest absolute Gasteiger partial charge is 0.380 e. The predicted molar refractivity (Wildman–Crippen MR) is 72.3 cm³/mol. The van der Waals surface area contributed by atoms with Gasteiger partial charge in [0.05, 0.1) is 6.61 Å². The fourth-order valence-corrected chi connectivity index (χ4v) is 2.98. The van der Waals surface area contributed by atoms with E-state index in [1.807, 2.05) is 0 Å². The van der Waals surface area contributed by atoms with E-state index in [0.29, 0.717) is 0 Å². The summed E-state index contributed by atoms with van der Waals surface area (Å²) in [4.78, 5) is 0. The van der Waals surface area contributed by atoms with E-state index < -0.39 is 0 Å². The molecule has 0 unspecified atom stereocenters.